The number of nitrogens with two attached hydrogens (primary N) is 1. The lowest BCUT2D eigenvalue weighted by Crippen LogP contribution is -2.60. The number of hydrogen-bond acceptors (Lipinski definition) is 3. The van der Waals surface area contributed by atoms with Crippen LogP contribution < -0.4 is 5.73 Å². The summed E-state index contributed by atoms with van der Waals surface area (Å²) in [7, 11) is 2.34. The van der Waals surface area contributed by atoms with Crippen molar-refractivity contribution >= 4 is 11.8 Å². The van der Waals surface area contributed by atoms with Gasteiger partial charge in [0.05, 0.1) is 0 Å². The van der Waals surface area contributed by atoms with Gasteiger partial charge in [0.15, 0.2) is 0 Å². The molecule has 3 unspecified atom stereocenters. The van der Waals surface area contributed by atoms with Gasteiger partial charge in [0.25, 0.3) is 0 Å². The van der Waals surface area contributed by atoms with E-state index in [2.05, 4.69) is 30.6 Å². The molecule has 0 aromatic carbocycles. The summed E-state index contributed by atoms with van der Waals surface area (Å²) < 4.78 is 0. The van der Waals surface area contributed by atoms with Gasteiger partial charge in [-0.25, -0.2) is 0 Å². The van der Waals surface area contributed by atoms with Crippen molar-refractivity contribution in [1.29, 1.82) is 0 Å². The number of hydrogen-bond donors (Lipinski definition) is 1. The molecule has 0 bridgehead atoms. The Bertz CT molecular complexity index is 238. The summed E-state index contributed by atoms with van der Waals surface area (Å²) in [5, 5.41) is 0. The lowest BCUT2D eigenvalue weighted by atomic mass is 9.81. The molecule has 0 radical (unpaired) electrons. The molecule has 0 spiro atoms. The van der Waals surface area contributed by atoms with E-state index in [-0.39, 0.29) is 0 Å². The highest BCUT2D eigenvalue weighted by Crippen LogP contribution is 2.37. The minimum Gasteiger partial charge on any atom is -0.329 e. The van der Waals surface area contributed by atoms with E-state index < -0.39 is 0 Å². The van der Waals surface area contributed by atoms with E-state index in [4.69, 9.17) is 5.73 Å². The van der Waals surface area contributed by atoms with Crippen molar-refractivity contribution in [1.82, 2.24) is 4.90 Å². The van der Waals surface area contributed by atoms with Crippen LogP contribution in [-0.4, -0.2) is 41.6 Å². The fourth-order valence-electron chi connectivity index (χ4n) is 3.64. The Morgan fingerprint density at radius 2 is 2.06 bits per heavy atom. The predicted octanol–water partition coefficient (Wildman–Crippen LogP) is 2.72. The van der Waals surface area contributed by atoms with Gasteiger partial charge >= 0.3 is 0 Å². The molecule has 1 heterocycles. The van der Waals surface area contributed by atoms with Crippen LogP contribution in [0.3, 0.4) is 0 Å². The van der Waals surface area contributed by atoms with Gasteiger partial charge < -0.3 is 5.73 Å². The molecule has 2 nitrogen and oxygen atoms in total. The second-order valence-corrected chi connectivity index (χ2v) is 7.13. The molecule has 2 fully saturated rings. The van der Waals surface area contributed by atoms with Crippen LogP contribution in [0.25, 0.3) is 0 Å². The maximum Gasteiger partial charge on any atom is 0.0422 e. The van der Waals surface area contributed by atoms with Crippen molar-refractivity contribution in [3.8, 4) is 0 Å². The van der Waals surface area contributed by atoms with E-state index in [9.17, 15) is 0 Å². The number of nitrogens with zero attached hydrogens (tertiary/aromatic N) is 1. The van der Waals surface area contributed by atoms with E-state index in [0.29, 0.717) is 5.54 Å². The highest BCUT2D eigenvalue weighted by Gasteiger charge is 2.40. The minimum atomic E-state index is 0.291. The predicted molar refractivity (Wildman–Crippen MR) is 77.5 cm³/mol. The molecule has 3 heteroatoms. The first-order valence-electron chi connectivity index (χ1n) is 7.20. The third-order valence-electron chi connectivity index (χ3n) is 4.99. The van der Waals surface area contributed by atoms with Crippen molar-refractivity contribution in [2.75, 3.05) is 25.1 Å². The van der Waals surface area contributed by atoms with Gasteiger partial charge in [0, 0.05) is 23.9 Å². The SMILES string of the molecule is CC1CCCCC1N(C)C1(CN)CCCSC1. The van der Waals surface area contributed by atoms with Crippen molar-refractivity contribution in [3.05, 3.63) is 0 Å². The van der Waals surface area contributed by atoms with Crippen LogP contribution >= 0.6 is 11.8 Å². The highest BCUT2D eigenvalue weighted by molar-refractivity contribution is 7.99. The minimum absolute atomic E-state index is 0.291. The summed E-state index contributed by atoms with van der Waals surface area (Å²) in [5.74, 6) is 3.42. The standard InChI is InChI=1S/C14H28N2S/c1-12-6-3-4-7-13(12)16(2)14(10-15)8-5-9-17-11-14/h12-13H,3-11,15H2,1-2H3. The fourth-order valence-corrected chi connectivity index (χ4v) is 4.98. The molecule has 0 aromatic rings. The Balaban J connectivity index is 2.07. The zero-order valence-corrected chi connectivity index (χ0v) is 12.3. The molecule has 1 saturated carbocycles. The molecule has 17 heavy (non-hydrogen) atoms. The second kappa shape index (κ2) is 5.94. The quantitative estimate of drug-likeness (QED) is 0.842. The monoisotopic (exact) mass is 256 g/mol. The molecule has 2 aliphatic rings. The molecule has 1 aliphatic heterocycles. The number of rotatable bonds is 3. The second-order valence-electron chi connectivity index (χ2n) is 6.02. The molecule has 1 saturated heterocycles. The Morgan fingerprint density at radius 1 is 1.29 bits per heavy atom. The molecule has 1 aliphatic carbocycles. The van der Waals surface area contributed by atoms with Gasteiger partial charge in [0.2, 0.25) is 0 Å². The van der Waals surface area contributed by atoms with Gasteiger partial charge in [0.1, 0.15) is 0 Å². The van der Waals surface area contributed by atoms with Gasteiger partial charge in [-0.15, -0.1) is 0 Å². The number of thioether (sulfide) groups is 1. The highest BCUT2D eigenvalue weighted by atomic mass is 32.2. The zero-order valence-electron chi connectivity index (χ0n) is 11.5. The average molecular weight is 256 g/mol. The topological polar surface area (TPSA) is 29.3 Å². The normalized spacial score (nSPS) is 39.5. The van der Waals surface area contributed by atoms with E-state index in [1.807, 2.05) is 0 Å². The first kappa shape index (κ1) is 13.7. The van der Waals surface area contributed by atoms with E-state index in [0.717, 1.165) is 18.5 Å². The average Bonchev–Trinajstić information content (AvgIpc) is 2.39. The van der Waals surface area contributed by atoms with Gasteiger partial charge in [-0.05, 0) is 44.4 Å². The first-order valence-corrected chi connectivity index (χ1v) is 8.36. The smallest absolute Gasteiger partial charge is 0.0422 e. The van der Waals surface area contributed by atoms with Crippen molar-refractivity contribution in [2.24, 2.45) is 11.7 Å². The van der Waals surface area contributed by atoms with E-state index in [1.165, 1.54) is 50.0 Å². The molecule has 2 rings (SSSR count). The van der Waals surface area contributed by atoms with E-state index in [1.54, 1.807) is 0 Å². The van der Waals surface area contributed by atoms with Crippen LogP contribution in [0, 0.1) is 5.92 Å². The van der Waals surface area contributed by atoms with E-state index >= 15 is 0 Å². The molecule has 0 aromatic heterocycles. The fraction of sp³-hybridized carbons (Fsp3) is 1.00. The Kier molecular flexibility index (Phi) is 4.79. The Hall–Kier alpha value is 0.270. The molecule has 3 atom stereocenters. The van der Waals surface area contributed by atoms with Crippen LogP contribution in [0.15, 0.2) is 0 Å². The maximum absolute atomic E-state index is 6.14. The summed E-state index contributed by atoms with van der Waals surface area (Å²) in [6.07, 6.45) is 8.26. The molecular weight excluding hydrogens is 228 g/mol. The summed E-state index contributed by atoms with van der Waals surface area (Å²) in [4.78, 5) is 2.67. The largest absolute Gasteiger partial charge is 0.329 e. The van der Waals surface area contributed by atoms with Gasteiger partial charge in [-0.2, -0.15) is 11.8 Å². The molecule has 100 valence electrons. The van der Waals surface area contributed by atoms with Crippen molar-refractivity contribution in [3.63, 3.8) is 0 Å². The van der Waals surface area contributed by atoms with Crippen LogP contribution in [0.5, 0.6) is 0 Å². The lowest BCUT2D eigenvalue weighted by molar-refractivity contribution is 0.0379. The van der Waals surface area contributed by atoms with Crippen molar-refractivity contribution < 1.29 is 0 Å². The third-order valence-corrected chi connectivity index (χ3v) is 6.31. The zero-order chi connectivity index (χ0) is 12.3. The van der Waals surface area contributed by atoms with Crippen LogP contribution in [-0.2, 0) is 0 Å². The molecule has 0 amide bonds. The Labute approximate surface area is 111 Å². The van der Waals surface area contributed by atoms with Gasteiger partial charge in [-0.3, -0.25) is 4.90 Å². The summed E-state index contributed by atoms with van der Waals surface area (Å²) in [5.41, 5.74) is 6.43. The number of likely N-dealkylation sites (N-methyl/N-ethyl adjacent to an activating group) is 1. The third kappa shape index (κ3) is 2.82. The maximum atomic E-state index is 6.14. The summed E-state index contributed by atoms with van der Waals surface area (Å²) in [6.45, 7) is 3.26. The lowest BCUT2D eigenvalue weighted by Gasteiger charge is -2.50. The molecule has 2 N–H and O–H groups in total. The van der Waals surface area contributed by atoms with Crippen LogP contribution in [0.4, 0.5) is 0 Å². The molecular formula is C14H28N2S. The Morgan fingerprint density at radius 3 is 2.65 bits per heavy atom. The van der Waals surface area contributed by atoms with Crippen LogP contribution in [0.1, 0.15) is 45.4 Å². The van der Waals surface area contributed by atoms with Gasteiger partial charge in [-0.1, -0.05) is 19.8 Å². The summed E-state index contributed by atoms with van der Waals surface area (Å²) in [6, 6.07) is 0.769. The van der Waals surface area contributed by atoms with Crippen LogP contribution in [0.2, 0.25) is 0 Å². The van der Waals surface area contributed by atoms with Crippen molar-refractivity contribution in [2.45, 2.75) is 57.0 Å². The summed E-state index contributed by atoms with van der Waals surface area (Å²) >= 11 is 2.10. The first-order chi connectivity index (χ1) is 8.19.